The minimum Gasteiger partial charge on any atom is -0.507 e. The number of aryl methyl sites for hydroxylation is 6. The molecule has 1 atom stereocenters. The molecule has 3 N–H and O–H groups in total. The van der Waals surface area contributed by atoms with Crippen molar-refractivity contribution < 1.29 is 19.7 Å². The topological polar surface area (TPSA) is 71.0 Å². The molecule has 290 valence electrons. The molecule has 2 aliphatic carbocycles. The molecule has 3 aromatic rings. The fraction of sp³-hybridized carbons (Fsp3) is 0.617. The molecule has 5 nitrogen and oxygen atoms in total. The molecule has 2 saturated carbocycles. The maximum absolute atomic E-state index is 9.21. The summed E-state index contributed by atoms with van der Waals surface area (Å²) in [6.07, 6.45) is 21.4. The molecule has 5 heteroatoms. The highest BCUT2D eigenvalue weighted by Gasteiger charge is 2.15. The maximum Gasteiger partial charge on any atom is 0.125 e. The van der Waals surface area contributed by atoms with Crippen LogP contribution < -0.4 is 14.8 Å². The quantitative estimate of drug-likeness (QED) is 0.195. The summed E-state index contributed by atoms with van der Waals surface area (Å²) in [6.45, 7) is 15.5. The van der Waals surface area contributed by atoms with E-state index in [1.807, 2.05) is 32.0 Å². The highest BCUT2D eigenvalue weighted by molar-refractivity contribution is 5.40. The molecule has 0 aromatic heterocycles. The Balaban J connectivity index is 0.000000195. The van der Waals surface area contributed by atoms with Crippen molar-refractivity contribution in [1.29, 1.82) is 0 Å². The van der Waals surface area contributed by atoms with Crippen LogP contribution in [0, 0.1) is 53.4 Å². The predicted octanol–water partition coefficient (Wildman–Crippen LogP) is 11.8. The second-order valence-electron chi connectivity index (χ2n) is 15.6. The first-order valence-corrected chi connectivity index (χ1v) is 20.7. The number of hydrogen-bond acceptors (Lipinski definition) is 5. The number of aromatic hydroxyl groups is 1. The molecule has 1 unspecified atom stereocenters. The largest absolute Gasteiger partial charge is 0.507 e. The van der Waals surface area contributed by atoms with E-state index in [0.717, 1.165) is 60.5 Å². The van der Waals surface area contributed by atoms with Crippen molar-refractivity contribution >= 4 is 0 Å². The third kappa shape index (κ3) is 16.3. The summed E-state index contributed by atoms with van der Waals surface area (Å²) >= 11 is 0. The van der Waals surface area contributed by atoms with Crippen LogP contribution in [-0.2, 0) is 0 Å². The van der Waals surface area contributed by atoms with Gasteiger partial charge in [-0.15, -0.1) is 0 Å². The first kappa shape index (κ1) is 43.4. The second kappa shape index (κ2) is 25.1. The number of aliphatic hydroxyl groups is 1. The number of ether oxygens (including phenoxy) is 2. The van der Waals surface area contributed by atoms with Gasteiger partial charge in [-0.05, 0) is 125 Å². The van der Waals surface area contributed by atoms with Gasteiger partial charge in [0.1, 0.15) is 17.2 Å². The van der Waals surface area contributed by atoms with Crippen LogP contribution in [-0.4, -0.2) is 42.6 Å². The van der Waals surface area contributed by atoms with Gasteiger partial charge in [0.15, 0.2) is 0 Å². The first-order valence-electron chi connectivity index (χ1n) is 20.7. The standard InChI is InChI=1S/C16H24O.C15H23NO.C8H10O.C8H16O/c1-13-7-6-8-14(2)16(13)17-12-11-15-9-4-3-5-10-15;1-12-6-5-7-13(2)15(12)17-11-9-14-8-3-4-10-16-14;1-6-4-3-5-7(2)8(6)9;9-7-6-8-4-2-1-3-5-8/h6-8,15H,3-5,9-12H2,1-2H3;5-7,14,16H,3-4,8-11H2,1-2H3;3-5,9H,1-2H3;8-9H,1-7H2. The third-order valence-corrected chi connectivity index (χ3v) is 11.1. The van der Waals surface area contributed by atoms with Gasteiger partial charge in [0.2, 0.25) is 0 Å². The highest BCUT2D eigenvalue weighted by Crippen LogP contribution is 2.28. The van der Waals surface area contributed by atoms with Crippen molar-refractivity contribution in [1.82, 2.24) is 5.32 Å². The lowest BCUT2D eigenvalue weighted by Crippen LogP contribution is -2.35. The zero-order valence-corrected chi connectivity index (χ0v) is 33.8. The molecule has 0 amide bonds. The highest BCUT2D eigenvalue weighted by atomic mass is 16.5. The number of hydrogen-bond donors (Lipinski definition) is 3. The van der Waals surface area contributed by atoms with Crippen molar-refractivity contribution in [2.45, 2.75) is 150 Å². The van der Waals surface area contributed by atoms with Crippen LogP contribution in [0.1, 0.15) is 136 Å². The molecule has 0 radical (unpaired) electrons. The molecule has 1 heterocycles. The fourth-order valence-electron chi connectivity index (χ4n) is 7.79. The monoisotopic (exact) mass is 716 g/mol. The molecule has 3 aliphatic rings. The third-order valence-electron chi connectivity index (χ3n) is 11.1. The van der Waals surface area contributed by atoms with E-state index in [0.29, 0.717) is 18.4 Å². The van der Waals surface area contributed by atoms with E-state index in [1.54, 1.807) is 0 Å². The molecule has 3 aromatic carbocycles. The Labute approximate surface area is 317 Å². The Kier molecular flexibility index (Phi) is 20.9. The molecule has 0 spiro atoms. The van der Waals surface area contributed by atoms with Gasteiger partial charge < -0.3 is 25.0 Å². The van der Waals surface area contributed by atoms with Crippen LogP contribution in [0.15, 0.2) is 54.6 Å². The summed E-state index contributed by atoms with van der Waals surface area (Å²) in [5.74, 6) is 4.35. The summed E-state index contributed by atoms with van der Waals surface area (Å²) in [5, 5.41) is 21.4. The SMILES string of the molecule is Cc1cccc(C)c1O.Cc1cccc(C)c1OCCC1CCCCC1.Cc1cccc(C)c1OCCC1CCCCN1.OCCC1CCCCC1. The van der Waals surface area contributed by atoms with Crippen molar-refractivity contribution in [3.05, 3.63) is 88.0 Å². The summed E-state index contributed by atoms with van der Waals surface area (Å²) < 4.78 is 11.9. The van der Waals surface area contributed by atoms with E-state index in [9.17, 15) is 5.11 Å². The Bertz CT molecular complexity index is 1250. The van der Waals surface area contributed by atoms with E-state index < -0.39 is 0 Å². The van der Waals surface area contributed by atoms with Gasteiger partial charge >= 0.3 is 0 Å². The van der Waals surface area contributed by atoms with Crippen LogP contribution >= 0.6 is 0 Å². The van der Waals surface area contributed by atoms with E-state index in [-0.39, 0.29) is 0 Å². The lowest BCUT2D eigenvalue weighted by molar-refractivity contribution is 0.230. The van der Waals surface area contributed by atoms with Crippen LogP contribution in [0.5, 0.6) is 17.2 Å². The molecule has 1 saturated heterocycles. The Hall–Kier alpha value is -3.02. The van der Waals surface area contributed by atoms with Crippen LogP contribution in [0.4, 0.5) is 0 Å². The lowest BCUT2D eigenvalue weighted by atomic mass is 9.87. The summed E-state index contributed by atoms with van der Waals surface area (Å²) in [7, 11) is 0. The number of rotatable bonds is 10. The van der Waals surface area contributed by atoms with E-state index in [1.165, 1.54) is 119 Å². The van der Waals surface area contributed by atoms with Crippen molar-refractivity contribution in [2.24, 2.45) is 11.8 Å². The number of nitrogens with one attached hydrogen (secondary N) is 1. The smallest absolute Gasteiger partial charge is 0.125 e. The number of para-hydroxylation sites is 3. The van der Waals surface area contributed by atoms with E-state index in [4.69, 9.17) is 14.6 Å². The number of phenols is 1. The Morgan fingerprint density at radius 2 is 0.923 bits per heavy atom. The van der Waals surface area contributed by atoms with Gasteiger partial charge in [-0.3, -0.25) is 0 Å². The van der Waals surface area contributed by atoms with Gasteiger partial charge in [-0.2, -0.15) is 0 Å². The van der Waals surface area contributed by atoms with Crippen LogP contribution in [0.2, 0.25) is 0 Å². The zero-order chi connectivity index (χ0) is 37.6. The average Bonchev–Trinajstić information content (AvgIpc) is 3.15. The van der Waals surface area contributed by atoms with Crippen molar-refractivity contribution in [3.8, 4) is 17.2 Å². The normalized spacial score (nSPS) is 17.7. The van der Waals surface area contributed by atoms with Crippen LogP contribution in [0.25, 0.3) is 0 Å². The van der Waals surface area contributed by atoms with Gasteiger partial charge in [-0.25, -0.2) is 0 Å². The molecular weight excluding hydrogens is 643 g/mol. The molecule has 0 bridgehead atoms. The van der Waals surface area contributed by atoms with Crippen molar-refractivity contribution in [2.75, 3.05) is 26.4 Å². The van der Waals surface area contributed by atoms with Gasteiger partial charge in [-0.1, -0.05) is 125 Å². The second-order valence-corrected chi connectivity index (χ2v) is 15.6. The van der Waals surface area contributed by atoms with E-state index in [2.05, 4.69) is 69.4 Å². The minimum atomic E-state index is 0.394. The lowest BCUT2D eigenvalue weighted by Gasteiger charge is -2.23. The van der Waals surface area contributed by atoms with Gasteiger partial charge in [0.05, 0.1) is 13.2 Å². The number of aliphatic hydroxyl groups excluding tert-OH is 1. The molecule has 1 aliphatic heterocycles. The first-order chi connectivity index (χ1) is 25.2. The van der Waals surface area contributed by atoms with Gasteiger partial charge in [0, 0.05) is 12.6 Å². The fourth-order valence-corrected chi connectivity index (χ4v) is 7.79. The minimum absolute atomic E-state index is 0.394. The zero-order valence-electron chi connectivity index (χ0n) is 33.8. The number of piperidine rings is 1. The molecular formula is C47H73NO4. The molecule has 6 rings (SSSR count). The summed E-state index contributed by atoms with van der Waals surface area (Å²) in [6, 6.07) is 19.0. The van der Waals surface area contributed by atoms with Crippen molar-refractivity contribution in [3.63, 3.8) is 0 Å². The van der Waals surface area contributed by atoms with E-state index >= 15 is 0 Å². The predicted molar refractivity (Wildman–Crippen MR) is 220 cm³/mol. The Morgan fingerprint density at radius 3 is 1.33 bits per heavy atom. The Morgan fingerprint density at radius 1 is 0.519 bits per heavy atom. The molecule has 52 heavy (non-hydrogen) atoms. The summed E-state index contributed by atoms with van der Waals surface area (Å²) in [4.78, 5) is 0. The summed E-state index contributed by atoms with van der Waals surface area (Å²) in [5.41, 5.74) is 6.87. The van der Waals surface area contributed by atoms with Gasteiger partial charge in [0.25, 0.3) is 0 Å². The maximum atomic E-state index is 9.21. The average molecular weight is 716 g/mol. The molecule has 3 fully saturated rings. The number of phenolic OH excluding ortho intramolecular Hbond substituents is 1. The van der Waals surface area contributed by atoms with Crippen LogP contribution in [0.3, 0.4) is 0 Å². The number of benzene rings is 3.